The Morgan fingerprint density at radius 3 is 1.44 bits per heavy atom. The Bertz CT molecular complexity index is 3030. The summed E-state index contributed by atoms with van der Waals surface area (Å²) in [6.45, 7) is 5.66. The second kappa shape index (κ2) is 32.5. The predicted molar refractivity (Wildman–Crippen MR) is 343 cm³/mol. The Morgan fingerprint density at radius 2 is 0.966 bits per heavy atom. The van der Waals surface area contributed by atoms with Gasteiger partial charge in [-0.15, -0.1) is 0 Å². The lowest BCUT2D eigenvalue weighted by Gasteiger charge is -2.37. The number of hydrogen-bond acceptors (Lipinski definition) is 10. The summed E-state index contributed by atoms with van der Waals surface area (Å²) in [5, 5.41) is 12.1. The zero-order valence-corrected chi connectivity index (χ0v) is 52.8. The smallest absolute Gasteiger partial charge is 0.270 e. The van der Waals surface area contributed by atoms with Crippen molar-refractivity contribution in [2.24, 2.45) is 5.92 Å². The second-order valence-electron chi connectivity index (χ2n) is 24.7. The third-order valence-electron chi connectivity index (χ3n) is 18.5. The highest BCUT2D eigenvalue weighted by atomic mass is 16.2. The number of nitrogens with one attached hydrogen (secondary N) is 4. The average Bonchev–Trinajstić information content (AvgIpc) is 3.30. The Hall–Kier alpha value is -7.70. The van der Waals surface area contributed by atoms with E-state index >= 15 is 0 Å². The first-order valence-corrected chi connectivity index (χ1v) is 32.2. The van der Waals surface area contributed by atoms with E-state index in [0.717, 1.165) is 111 Å². The Labute approximate surface area is 521 Å². The molecule has 0 radical (unpaired) electrons. The van der Waals surface area contributed by atoms with Crippen LogP contribution in [0.2, 0.25) is 0 Å². The molecule has 88 heavy (non-hydrogen) atoms. The summed E-state index contributed by atoms with van der Waals surface area (Å²) in [4.78, 5) is 123. The first kappa shape index (κ1) is 66.3. The highest BCUT2D eigenvalue weighted by molar-refractivity contribution is 6.00. The molecule has 0 bridgehead atoms. The van der Waals surface area contributed by atoms with Crippen molar-refractivity contribution in [3.05, 3.63) is 143 Å². The fourth-order valence-corrected chi connectivity index (χ4v) is 12.8. The zero-order valence-electron chi connectivity index (χ0n) is 52.8. The van der Waals surface area contributed by atoms with Gasteiger partial charge in [0.05, 0.1) is 25.2 Å². The van der Waals surface area contributed by atoms with Gasteiger partial charge in [0.25, 0.3) is 17.7 Å². The largest absolute Gasteiger partial charge is 0.343 e. The maximum Gasteiger partial charge on any atom is 0.270 e. The van der Waals surface area contributed by atoms with Crippen molar-refractivity contribution in [2.45, 2.75) is 147 Å². The standard InChI is InChI=1S/C70H94N10O8/c1-49(71-3)65(83)73-63(55-25-15-9-16-26-55)69(87)79-41-19-29-59(79)45-77(43-39-51-21-11-7-12-22-51)61(81)47-75(5)67(85)57-35-31-53(32-36-57)54-33-37-58(38-34-54)68(86)76(6)48-62(82)78(44-40-52-23-13-8-14-24-52)46-60-30-20-42-80(60)70(88)64(56-27-17-10-18-28-56)74-66(84)50(2)72-4/h7-8,11-14,21-24,31-38,49-50,55,59-60,63,71-72H,9-10,15-20,25-30,39-48H2,1-6H3,(H,73,83)(H,74,84)/t49-,50-,59-,60-,63-/m0/s1. The molecule has 4 N–H and O–H groups in total. The van der Waals surface area contributed by atoms with E-state index in [0.29, 0.717) is 68.8 Å². The second-order valence-corrected chi connectivity index (χ2v) is 24.7. The van der Waals surface area contributed by atoms with Gasteiger partial charge in [-0.2, -0.15) is 0 Å². The molecule has 4 aliphatic rings. The summed E-state index contributed by atoms with van der Waals surface area (Å²) in [6.07, 6.45) is 13.6. The summed E-state index contributed by atoms with van der Waals surface area (Å²) >= 11 is 0. The number of rotatable bonds is 26. The monoisotopic (exact) mass is 1200 g/mol. The molecule has 2 saturated carbocycles. The van der Waals surface area contributed by atoms with Crippen molar-refractivity contribution < 1.29 is 38.4 Å². The predicted octanol–water partition coefficient (Wildman–Crippen LogP) is 7.24. The van der Waals surface area contributed by atoms with Gasteiger partial charge in [0.1, 0.15) is 11.7 Å². The Balaban J connectivity index is 0.891. The van der Waals surface area contributed by atoms with Crippen molar-refractivity contribution in [1.29, 1.82) is 0 Å². The highest BCUT2D eigenvalue weighted by Crippen LogP contribution is 2.32. The summed E-state index contributed by atoms with van der Waals surface area (Å²) < 4.78 is 0. The van der Waals surface area contributed by atoms with Crippen LogP contribution in [0.5, 0.6) is 0 Å². The van der Waals surface area contributed by atoms with Gasteiger partial charge in [-0.25, -0.2) is 0 Å². The van der Waals surface area contributed by atoms with Crippen molar-refractivity contribution in [3.8, 4) is 11.1 Å². The maximum absolute atomic E-state index is 14.6. The zero-order chi connectivity index (χ0) is 62.7. The molecule has 2 heterocycles. The number of carbonyl (C=O) groups is 8. The van der Waals surface area contributed by atoms with E-state index < -0.39 is 18.1 Å². The summed E-state index contributed by atoms with van der Waals surface area (Å²) in [5.74, 6) is -1.82. The van der Waals surface area contributed by atoms with Gasteiger partial charge in [-0.3, -0.25) is 38.4 Å². The molecule has 2 aliphatic heterocycles. The maximum atomic E-state index is 14.6. The minimum atomic E-state index is -0.636. The minimum Gasteiger partial charge on any atom is -0.343 e. The average molecular weight is 1200 g/mol. The van der Waals surface area contributed by atoms with Crippen LogP contribution in [0.25, 0.3) is 11.1 Å². The Kier molecular flexibility index (Phi) is 24.5. The molecule has 0 unspecified atom stereocenters. The number of carbonyl (C=O) groups excluding carboxylic acids is 8. The Morgan fingerprint density at radius 1 is 0.523 bits per heavy atom. The third-order valence-corrected chi connectivity index (χ3v) is 18.5. The topological polar surface area (TPSA) is 204 Å². The van der Waals surface area contributed by atoms with Crippen LogP contribution in [-0.4, -0.2) is 187 Å². The van der Waals surface area contributed by atoms with Gasteiger partial charge in [0, 0.05) is 76.6 Å². The SMILES string of the molecule is CN[C@@H](C)C(=O)NC(C(=O)N1CCC[C@H]1CN(CCc1ccccc1)C(=O)CN(C)C(=O)c1ccc(-c2ccc(C(=O)N(C)CC(=O)N(CCc3ccccc3)C[C@@H]3CCCN3C(=O)[C@@H](NC(=O)[C@H](C)NC)C3CCCCC3)cc2)cc1)=C1CCCCC1. The van der Waals surface area contributed by atoms with E-state index in [1.807, 2.05) is 94.7 Å². The third kappa shape index (κ3) is 17.8. The van der Waals surface area contributed by atoms with E-state index in [2.05, 4.69) is 21.3 Å². The van der Waals surface area contributed by atoms with Gasteiger partial charge in [-0.1, -0.05) is 111 Å². The lowest BCUT2D eigenvalue weighted by Crippen LogP contribution is -2.57. The summed E-state index contributed by atoms with van der Waals surface area (Å²) in [5.41, 5.74) is 5.91. The van der Waals surface area contributed by atoms with Crippen LogP contribution < -0.4 is 21.3 Å². The van der Waals surface area contributed by atoms with Crippen LogP contribution in [0.4, 0.5) is 0 Å². The fourth-order valence-electron chi connectivity index (χ4n) is 12.8. The molecular weight excluding hydrogens is 1110 g/mol. The van der Waals surface area contributed by atoms with Gasteiger partial charge in [-0.05, 0) is 163 Å². The van der Waals surface area contributed by atoms with Crippen LogP contribution in [0.3, 0.4) is 0 Å². The molecular formula is C70H94N10O8. The molecule has 2 saturated heterocycles. The van der Waals surface area contributed by atoms with E-state index in [1.165, 1.54) is 9.80 Å². The van der Waals surface area contributed by atoms with Gasteiger partial charge in [0.15, 0.2) is 0 Å². The van der Waals surface area contributed by atoms with E-state index in [-0.39, 0.29) is 84.9 Å². The number of benzene rings is 4. The number of likely N-dealkylation sites (N-methyl/N-ethyl adjacent to an activating group) is 4. The molecule has 18 heteroatoms. The van der Waals surface area contributed by atoms with Crippen LogP contribution in [0.15, 0.2) is 120 Å². The molecule has 0 spiro atoms. The van der Waals surface area contributed by atoms with Gasteiger partial charge in [0.2, 0.25) is 29.5 Å². The first-order valence-electron chi connectivity index (χ1n) is 32.2. The number of allylic oxidation sites excluding steroid dienone is 1. The molecule has 8 amide bonds. The van der Waals surface area contributed by atoms with E-state index in [4.69, 9.17) is 0 Å². The van der Waals surface area contributed by atoms with E-state index in [9.17, 15) is 38.4 Å². The number of hydrogen-bond donors (Lipinski definition) is 4. The number of amides is 8. The van der Waals surface area contributed by atoms with Crippen LogP contribution in [-0.2, 0) is 41.6 Å². The molecule has 472 valence electrons. The fraction of sp³-hybridized carbons (Fsp3) is 0.514. The lowest BCUT2D eigenvalue weighted by molar-refractivity contribution is -0.141. The summed E-state index contributed by atoms with van der Waals surface area (Å²) in [7, 11) is 6.68. The van der Waals surface area contributed by atoms with Crippen LogP contribution in [0, 0.1) is 5.92 Å². The first-order chi connectivity index (χ1) is 42.5. The molecule has 4 fully saturated rings. The molecule has 2 aliphatic carbocycles. The lowest BCUT2D eigenvalue weighted by atomic mass is 9.83. The van der Waals surface area contributed by atoms with Crippen LogP contribution >= 0.6 is 0 Å². The molecule has 4 aromatic carbocycles. The van der Waals surface area contributed by atoms with Crippen LogP contribution in [0.1, 0.15) is 136 Å². The van der Waals surface area contributed by atoms with Crippen molar-refractivity contribution >= 4 is 47.3 Å². The molecule has 4 aromatic rings. The number of likely N-dealkylation sites (tertiary alicyclic amines) is 2. The number of nitrogens with zero attached hydrogens (tertiary/aromatic N) is 6. The highest BCUT2D eigenvalue weighted by Gasteiger charge is 2.40. The normalized spacial score (nSPS) is 18.0. The molecule has 8 rings (SSSR count). The molecule has 0 aromatic heterocycles. The molecule has 5 atom stereocenters. The van der Waals surface area contributed by atoms with Crippen molar-refractivity contribution in [2.75, 3.05) is 80.5 Å². The quantitative estimate of drug-likeness (QED) is 0.0465. The van der Waals surface area contributed by atoms with Gasteiger partial charge < -0.3 is 50.7 Å². The van der Waals surface area contributed by atoms with Crippen molar-refractivity contribution in [1.82, 2.24) is 50.7 Å². The van der Waals surface area contributed by atoms with Crippen molar-refractivity contribution in [3.63, 3.8) is 0 Å². The van der Waals surface area contributed by atoms with E-state index in [1.54, 1.807) is 76.1 Å². The minimum absolute atomic E-state index is 0.0471. The molecule has 18 nitrogen and oxygen atoms in total. The van der Waals surface area contributed by atoms with Gasteiger partial charge >= 0.3 is 0 Å². The summed E-state index contributed by atoms with van der Waals surface area (Å²) in [6, 6.07) is 32.0.